The SMILES string of the molecule is COc1cc(C2NC(CC(=O)O)(C(=O)O)C3C(=O)N(C4CCCCC4)C(=O)C23)ccc1O. The first-order valence-corrected chi connectivity index (χ1v) is 10.7. The zero-order valence-electron chi connectivity index (χ0n) is 17.6. The van der Waals surface area contributed by atoms with E-state index in [4.69, 9.17) is 4.74 Å². The average Bonchev–Trinajstić information content (AvgIpc) is 3.23. The molecule has 4 N–H and O–H groups in total. The molecular formula is C22H26N2O8. The summed E-state index contributed by atoms with van der Waals surface area (Å²) in [7, 11) is 1.35. The Bertz CT molecular complexity index is 973. The summed E-state index contributed by atoms with van der Waals surface area (Å²) in [6.07, 6.45) is 3.20. The number of carboxylic acid groups (broad SMARTS) is 2. The van der Waals surface area contributed by atoms with Crippen LogP contribution in [0.15, 0.2) is 18.2 Å². The van der Waals surface area contributed by atoms with Crippen molar-refractivity contribution in [2.24, 2.45) is 11.8 Å². The molecule has 4 unspecified atom stereocenters. The van der Waals surface area contributed by atoms with Crippen molar-refractivity contribution in [3.05, 3.63) is 23.8 Å². The first kappa shape index (κ1) is 22.1. The Labute approximate surface area is 184 Å². The molecule has 3 fully saturated rings. The highest BCUT2D eigenvalue weighted by atomic mass is 16.5. The lowest BCUT2D eigenvalue weighted by atomic mass is 9.77. The van der Waals surface area contributed by atoms with Gasteiger partial charge in [-0.25, -0.2) is 0 Å². The van der Waals surface area contributed by atoms with Crippen molar-refractivity contribution >= 4 is 23.8 Å². The molecule has 10 heteroatoms. The molecule has 2 heterocycles. The molecule has 2 saturated heterocycles. The van der Waals surface area contributed by atoms with Gasteiger partial charge in [-0.1, -0.05) is 25.3 Å². The molecule has 2 amide bonds. The third kappa shape index (κ3) is 3.29. The summed E-state index contributed by atoms with van der Waals surface area (Å²) in [5.74, 6) is -6.44. The zero-order chi connectivity index (χ0) is 23.2. The predicted octanol–water partition coefficient (Wildman–Crippen LogP) is 1.28. The summed E-state index contributed by atoms with van der Waals surface area (Å²) in [6, 6.07) is 3.08. The van der Waals surface area contributed by atoms with Crippen molar-refractivity contribution in [2.45, 2.75) is 56.1 Å². The average molecular weight is 446 g/mol. The van der Waals surface area contributed by atoms with Gasteiger partial charge >= 0.3 is 11.9 Å². The van der Waals surface area contributed by atoms with Gasteiger partial charge in [-0.15, -0.1) is 0 Å². The van der Waals surface area contributed by atoms with Gasteiger partial charge in [0, 0.05) is 12.1 Å². The number of rotatable bonds is 6. The molecule has 1 saturated carbocycles. The quantitative estimate of drug-likeness (QED) is 0.473. The fourth-order valence-corrected chi connectivity index (χ4v) is 5.57. The van der Waals surface area contributed by atoms with Crippen molar-refractivity contribution in [2.75, 3.05) is 7.11 Å². The number of nitrogens with one attached hydrogen (secondary N) is 1. The number of carbonyl (C=O) groups excluding carboxylic acids is 2. The van der Waals surface area contributed by atoms with E-state index in [-0.39, 0.29) is 17.5 Å². The van der Waals surface area contributed by atoms with Crippen molar-refractivity contribution < 1.29 is 39.2 Å². The Hall–Kier alpha value is -3.14. The Balaban J connectivity index is 1.82. The van der Waals surface area contributed by atoms with E-state index in [0.717, 1.165) is 19.3 Å². The molecule has 0 bridgehead atoms. The smallest absolute Gasteiger partial charge is 0.325 e. The van der Waals surface area contributed by atoms with Crippen LogP contribution in [0.1, 0.15) is 50.1 Å². The number of hydrogen-bond acceptors (Lipinski definition) is 7. The van der Waals surface area contributed by atoms with Crippen LogP contribution in [0, 0.1) is 11.8 Å². The third-order valence-corrected chi connectivity index (χ3v) is 7.00. The van der Waals surface area contributed by atoms with Gasteiger partial charge in [-0.05, 0) is 30.5 Å². The second-order valence-electron chi connectivity index (χ2n) is 8.74. The van der Waals surface area contributed by atoms with Crippen molar-refractivity contribution in [3.63, 3.8) is 0 Å². The number of phenols is 1. The number of hydrogen-bond donors (Lipinski definition) is 4. The van der Waals surface area contributed by atoms with Crippen LogP contribution in [0.4, 0.5) is 0 Å². The summed E-state index contributed by atoms with van der Waals surface area (Å²) >= 11 is 0. The van der Waals surface area contributed by atoms with E-state index in [2.05, 4.69) is 5.32 Å². The number of amides is 2. The third-order valence-electron chi connectivity index (χ3n) is 7.00. The predicted molar refractivity (Wildman–Crippen MR) is 109 cm³/mol. The van der Waals surface area contributed by atoms with Crippen molar-refractivity contribution in [1.82, 2.24) is 10.2 Å². The number of ether oxygens (including phenoxy) is 1. The molecule has 32 heavy (non-hydrogen) atoms. The maximum absolute atomic E-state index is 13.5. The molecule has 10 nitrogen and oxygen atoms in total. The Morgan fingerprint density at radius 3 is 2.44 bits per heavy atom. The fourth-order valence-electron chi connectivity index (χ4n) is 5.57. The lowest BCUT2D eigenvalue weighted by Crippen LogP contribution is -2.57. The van der Waals surface area contributed by atoms with E-state index in [1.807, 2.05) is 0 Å². The lowest BCUT2D eigenvalue weighted by molar-refractivity contribution is -0.156. The van der Waals surface area contributed by atoms with Gasteiger partial charge in [0.15, 0.2) is 11.5 Å². The minimum absolute atomic E-state index is 0.118. The number of phenolic OH excluding ortho intramolecular Hbond substituents is 1. The summed E-state index contributed by atoms with van der Waals surface area (Å²) in [4.78, 5) is 52.3. The van der Waals surface area contributed by atoms with E-state index in [0.29, 0.717) is 18.4 Å². The summed E-state index contributed by atoms with van der Waals surface area (Å²) in [5.41, 5.74) is -1.71. The highest BCUT2D eigenvalue weighted by Gasteiger charge is 2.69. The molecule has 1 aromatic carbocycles. The first-order valence-electron chi connectivity index (χ1n) is 10.7. The monoisotopic (exact) mass is 446 g/mol. The summed E-state index contributed by atoms with van der Waals surface area (Å²) in [5, 5.41) is 32.3. The van der Waals surface area contributed by atoms with Gasteiger partial charge in [0.1, 0.15) is 5.54 Å². The minimum atomic E-state index is -2.14. The van der Waals surface area contributed by atoms with Gasteiger partial charge in [0.2, 0.25) is 11.8 Å². The van der Waals surface area contributed by atoms with Crippen LogP contribution < -0.4 is 10.1 Å². The van der Waals surface area contributed by atoms with Crippen LogP contribution in [0.5, 0.6) is 11.5 Å². The van der Waals surface area contributed by atoms with E-state index in [1.54, 1.807) is 0 Å². The molecule has 172 valence electrons. The number of methoxy groups -OCH3 is 1. The van der Waals surface area contributed by atoms with Crippen molar-refractivity contribution in [3.8, 4) is 11.5 Å². The Kier molecular flexibility index (Phi) is 5.58. The molecule has 4 rings (SSSR count). The summed E-state index contributed by atoms with van der Waals surface area (Å²) < 4.78 is 5.13. The van der Waals surface area contributed by atoms with Crippen LogP contribution in [0.2, 0.25) is 0 Å². The van der Waals surface area contributed by atoms with E-state index in [1.165, 1.54) is 30.2 Å². The minimum Gasteiger partial charge on any atom is -0.504 e. The molecule has 2 aliphatic heterocycles. The van der Waals surface area contributed by atoms with Crippen LogP contribution in [0.3, 0.4) is 0 Å². The zero-order valence-corrected chi connectivity index (χ0v) is 17.6. The van der Waals surface area contributed by atoms with Gasteiger partial charge < -0.3 is 20.1 Å². The number of imide groups is 1. The standard InChI is InChI=1S/C22H26N2O8/c1-32-14-9-11(7-8-13(14)25)18-16-17(22(23-18,21(30)31)10-15(26)27)20(29)24(19(16)28)12-5-3-2-4-6-12/h7-9,12,16-18,23,25H,2-6,10H2,1H3,(H,26,27)(H,30,31). The van der Waals surface area contributed by atoms with Gasteiger partial charge in [0.25, 0.3) is 0 Å². The molecule has 1 aromatic rings. The summed E-state index contributed by atoms with van der Waals surface area (Å²) in [6.45, 7) is 0. The van der Waals surface area contributed by atoms with Gasteiger partial charge in [-0.2, -0.15) is 0 Å². The van der Waals surface area contributed by atoms with Crippen molar-refractivity contribution in [1.29, 1.82) is 0 Å². The highest BCUT2D eigenvalue weighted by Crippen LogP contribution is 2.51. The van der Waals surface area contributed by atoms with Crippen LogP contribution in [-0.2, 0) is 19.2 Å². The molecule has 0 spiro atoms. The topological polar surface area (TPSA) is 153 Å². The number of benzene rings is 1. The number of aliphatic carboxylic acids is 2. The lowest BCUT2D eigenvalue weighted by Gasteiger charge is -2.34. The van der Waals surface area contributed by atoms with E-state index < -0.39 is 53.6 Å². The van der Waals surface area contributed by atoms with Gasteiger partial charge in [0.05, 0.1) is 25.4 Å². The number of likely N-dealkylation sites (tertiary alicyclic amines) is 1. The number of nitrogens with zero attached hydrogens (tertiary/aromatic N) is 1. The Morgan fingerprint density at radius 1 is 1.16 bits per heavy atom. The second kappa shape index (κ2) is 8.09. The number of aromatic hydroxyl groups is 1. The molecule has 4 atom stereocenters. The van der Waals surface area contributed by atoms with E-state index >= 15 is 0 Å². The second-order valence-corrected chi connectivity index (χ2v) is 8.74. The molecule has 0 radical (unpaired) electrons. The molecular weight excluding hydrogens is 420 g/mol. The molecule has 0 aromatic heterocycles. The Morgan fingerprint density at radius 2 is 1.84 bits per heavy atom. The molecule has 3 aliphatic rings. The molecule has 1 aliphatic carbocycles. The highest BCUT2D eigenvalue weighted by molar-refractivity contribution is 6.10. The maximum atomic E-state index is 13.5. The maximum Gasteiger partial charge on any atom is 0.325 e. The van der Waals surface area contributed by atoms with Crippen LogP contribution in [-0.4, -0.2) is 62.7 Å². The number of carboxylic acids is 2. The number of fused-ring (bicyclic) bond motifs is 1. The largest absolute Gasteiger partial charge is 0.504 e. The fraction of sp³-hybridized carbons (Fsp3) is 0.545. The normalized spacial score (nSPS) is 30.4. The first-order chi connectivity index (χ1) is 15.2. The van der Waals surface area contributed by atoms with Crippen LogP contribution >= 0.6 is 0 Å². The van der Waals surface area contributed by atoms with Crippen LogP contribution in [0.25, 0.3) is 0 Å². The van der Waals surface area contributed by atoms with Gasteiger partial charge in [-0.3, -0.25) is 29.4 Å². The van der Waals surface area contributed by atoms with E-state index in [9.17, 15) is 34.5 Å². The number of carbonyl (C=O) groups is 4.